The zero-order valence-electron chi connectivity index (χ0n) is 21.0. The van der Waals surface area contributed by atoms with Gasteiger partial charge in [-0.15, -0.1) is 8.58 Å². The van der Waals surface area contributed by atoms with Crippen molar-refractivity contribution in [2.45, 2.75) is 24.2 Å². The van der Waals surface area contributed by atoms with Gasteiger partial charge < -0.3 is 0 Å². The lowest BCUT2D eigenvalue weighted by Crippen LogP contribution is -2.16. The van der Waals surface area contributed by atoms with Crippen LogP contribution in [0.3, 0.4) is 0 Å². The van der Waals surface area contributed by atoms with E-state index in [-0.39, 0.29) is 17.8 Å². The molecule has 0 N–H and O–H groups in total. The van der Waals surface area contributed by atoms with Gasteiger partial charge in [0, 0.05) is 17.3 Å². The van der Waals surface area contributed by atoms with Crippen molar-refractivity contribution >= 4 is 8.58 Å². The van der Waals surface area contributed by atoms with Crippen molar-refractivity contribution in [2.75, 3.05) is 12.8 Å². The first-order chi connectivity index (χ1) is 18.3. The molecule has 0 radical (unpaired) electrons. The van der Waals surface area contributed by atoms with Crippen LogP contribution < -0.4 is 0 Å². The fourth-order valence-corrected chi connectivity index (χ4v) is 6.03. The first-order valence-electron chi connectivity index (χ1n) is 13.0. The standard InChI is InChI=1S/C33H30N3P/c1-37-22-21-25-26-15-8-17-28(34-26)32(23-11-4-2-5-12-23)30-19-10-20-31(36-30)33(24-13-6-3-7-14-24)29-18-9-16-27(25)35-29/h2-20,25,32-33,37H,21-22H2,1H3. The fourth-order valence-electron chi connectivity index (χ4n) is 5.45. The maximum Gasteiger partial charge on any atom is 0.0686 e. The van der Waals surface area contributed by atoms with Crippen LogP contribution in [-0.4, -0.2) is 27.8 Å². The number of benzene rings is 2. The zero-order chi connectivity index (χ0) is 25.0. The largest absolute Gasteiger partial charge is 0.256 e. The van der Waals surface area contributed by atoms with E-state index in [9.17, 15) is 0 Å². The van der Waals surface area contributed by atoms with E-state index in [1.54, 1.807) is 0 Å². The molecule has 2 aromatic carbocycles. The highest BCUT2D eigenvalue weighted by Gasteiger charge is 2.27. The van der Waals surface area contributed by atoms with Gasteiger partial charge in [0.15, 0.2) is 0 Å². The van der Waals surface area contributed by atoms with Gasteiger partial charge in [0.1, 0.15) is 0 Å². The molecule has 0 amide bonds. The van der Waals surface area contributed by atoms with E-state index < -0.39 is 0 Å². The summed E-state index contributed by atoms with van der Waals surface area (Å²) in [6, 6.07) is 40.7. The monoisotopic (exact) mass is 499 g/mol. The van der Waals surface area contributed by atoms with Gasteiger partial charge in [-0.1, -0.05) is 78.9 Å². The minimum Gasteiger partial charge on any atom is -0.256 e. The van der Waals surface area contributed by atoms with E-state index in [0.717, 1.165) is 55.3 Å². The van der Waals surface area contributed by atoms with E-state index in [1.165, 1.54) is 11.1 Å². The molecular formula is C33H30N3P. The predicted molar refractivity (Wildman–Crippen MR) is 153 cm³/mol. The molecule has 4 heterocycles. The van der Waals surface area contributed by atoms with Crippen molar-refractivity contribution in [3.63, 3.8) is 0 Å². The molecule has 3 unspecified atom stereocenters. The Bertz CT molecular complexity index is 1380. The lowest BCUT2D eigenvalue weighted by atomic mass is 9.87. The quantitative estimate of drug-likeness (QED) is 0.237. The summed E-state index contributed by atoms with van der Waals surface area (Å²) in [5.41, 5.74) is 8.68. The van der Waals surface area contributed by atoms with Crippen LogP contribution in [0.4, 0.5) is 0 Å². The van der Waals surface area contributed by atoms with Crippen LogP contribution in [0.25, 0.3) is 0 Å². The number of fused-ring (bicyclic) bond motifs is 6. The highest BCUT2D eigenvalue weighted by Crippen LogP contribution is 2.37. The summed E-state index contributed by atoms with van der Waals surface area (Å²) in [6.45, 7) is 2.28. The van der Waals surface area contributed by atoms with E-state index in [1.807, 2.05) is 0 Å². The number of pyridine rings is 3. The fraction of sp³-hybridized carbons (Fsp3) is 0.182. The molecule has 3 nitrogen and oxygen atoms in total. The summed E-state index contributed by atoms with van der Waals surface area (Å²) in [6.07, 6.45) is 2.20. The first kappa shape index (κ1) is 23.7. The van der Waals surface area contributed by atoms with Gasteiger partial charge in [0.25, 0.3) is 0 Å². The number of rotatable bonds is 5. The third-order valence-electron chi connectivity index (χ3n) is 7.22. The molecular weight excluding hydrogens is 469 g/mol. The molecule has 1 aliphatic rings. The van der Waals surface area contributed by atoms with Gasteiger partial charge in [-0.2, -0.15) is 0 Å². The first-order valence-corrected chi connectivity index (χ1v) is 14.7. The molecule has 0 aliphatic carbocycles. The molecule has 4 heteroatoms. The average molecular weight is 500 g/mol. The molecule has 182 valence electrons. The number of aromatic nitrogens is 3. The Morgan fingerprint density at radius 1 is 0.486 bits per heavy atom. The average Bonchev–Trinajstić information content (AvgIpc) is 2.95. The lowest BCUT2D eigenvalue weighted by Gasteiger charge is -2.25. The van der Waals surface area contributed by atoms with Crippen LogP contribution >= 0.6 is 8.58 Å². The smallest absolute Gasteiger partial charge is 0.0686 e. The van der Waals surface area contributed by atoms with E-state index in [4.69, 9.17) is 15.0 Å². The van der Waals surface area contributed by atoms with Gasteiger partial charge in [0.05, 0.1) is 34.6 Å². The SMILES string of the molecule is CPCCC1c2cccc(n2)C(c2ccccc2)c2cccc(n2)C(c2ccccc2)c2cccc1n2. The Morgan fingerprint density at radius 3 is 1.27 bits per heavy atom. The van der Waals surface area contributed by atoms with Gasteiger partial charge in [-0.25, -0.2) is 0 Å². The van der Waals surface area contributed by atoms with Gasteiger partial charge in [-0.3, -0.25) is 15.0 Å². The molecule has 0 spiro atoms. The van der Waals surface area contributed by atoms with Crippen molar-refractivity contribution in [3.05, 3.63) is 161 Å². The zero-order valence-corrected chi connectivity index (χ0v) is 22.0. The maximum atomic E-state index is 5.32. The van der Waals surface area contributed by atoms with E-state index >= 15 is 0 Å². The van der Waals surface area contributed by atoms with E-state index in [0.29, 0.717) is 0 Å². The predicted octanol–water partition coefficient (Wildman–Crippen LogP) is 7.38. The molecule has 0 fully saturated rings. The Hall–Kier alpha value is -3.68. The van der Waals surface area contributed by atoms with Crippen molar-refractivity contribution < 1.29 is 0 Å². The Labute approximate surface area is 220 Å². The Balaban J connectivity index is 1.64. The van der Waals surface area contributed by atoms with Crippen LogP contribution in [0.2, 0.25) is 0 Å². The number of hydrogen-bond donors (Lipinski definition) is 0. The Morgan fingerprint density at radius 2 is 0.865 bits per heavy atom. The molecule has 3 atom stereocenters. The maximum absolute atomic E-state index is 5.32. The topological polar surface area (TPSA) is 38.7 Å². The molecule has 37 heavy (non-hydrogen) atoms. The van der Waals surface area contributed by atoms with Crippen molar-refractivity contribution in [1.29, 1.82) is 0 Å². The van der Waals surface area contributed by atoms with Crippen molar-refractivity contribution in [1.82, 2.24) is 15.0 Å². The molecule has 6 rings (SSSR count). The van der Waals surface area contributed by atoms with Crippen molar-refractivity contribution in [3.8, 4) is 0 Å². The molecule has 6 bridgehead atoms. The normalized spacial score (nSPS) is 18.8. The van der Waals surface area contributed by atoms with Crippen LogP contribution in [0.15, 0.2) is 115 Å². The minimum atomic E-state index is -0.0445. The molecule has 0 saturated carbocycles. The second-order valence-electron chi connectivity index (χ2n) is 9.59. The van der Waals surface area contributed by atoms with Crippen LogP contribution in [0.1, 0.15) is 69.5 Å². The third kappa shape index (κ3) is 4.84. The summed E-state index contributed by atoms with van der Waals surface area (Å²) >= 11 is 0. The summed E-state index contributed by atoms with van der Waals surface area (Å²) in [4.78, 5) is 15.9. The second kappa shape index (κ2) is 10.7. The number of nitrogens with zero attached hydrogens (tertiary/aromatic N) is 3. The van der Waals surface area contributed by atoms with Crippen LogP contribution in [0.5, 0.6) is 0 Å². The summed E-state index contributed by atoms with van der Waals surface area (Å²) in [5, 5.41) is 0. The van der Waals surface area contributed by atoms with E-state index in [2.05, 4.69) is 122 Å². The molecule has 1 aliphatic heterocycles. The highest BCUT2D eigenvalue weighted by atomic mass is 31.1. The second-order valence-corrected chi connectivity index (χ2v) is 10.8. The van der Waals surface area contributed by atoms with Gasteiger partial charge in [-0.05, 0) is 66.8 Å². The molecule has 5 aromatic rings. The minimum absolute atomic E-state index is 0.0445. The highest BCUT2D eigenvalue weighted by molar-refractivity contribution is 7.36. The number of hydrogen-bond acceptors (Lipinski definition) is 3. The molecule has 3 aromatic heterocycles. The van der Waals surface area contributed by atoms with Crippen LogP contribution in [0, 0.1) is 0 Å². The summed E-state index contributed by atoms with van der Waals surface area (Å²) in [5.74, 6) is 0.0693. The molecule has 0 saturated heterocycles. The van der Waals surface area contributed by atoms with Crippen LogP contribution in [-0.2, 0) is 0 Å². The lowest BCUT2D eigenvalue weighted by molar-refractivity contribution is 0.701. The Kier molecular flexibility index (Phi) is 6.88. The summed E-state index contributed by atoms with van der Waals surface area (Å²) < 4.78 is 0. The third-order valence-corrected chi connectivity index (χ3v) is 8.01. The van der Waals surface area contributed by atoms with Gasteiger partial charge >= 0.3 is 0 Å². The van der Waals surface area contributed by atoms with Gasteiger partial charge in [0.2, 0.25) is 0 Å². The van der Waals surface area contributed by atoms with Crippen molar-refractivity contribution in [2.24, 2.45) is 0 Å². The summed E-state index contributed by atoms with van der Waals surface area (Å²) in [7, 11) is 0.900.